The van der Waals surface area contributed by atoms with E-state index in [0.717, 1.165) is 0 Å². The summed E-state index contributed by atoms with van der Waals surface area (Å²) in [6.45, 7) is 0.168. The third-order valence-electron chi connectivity index (χ3n) is 2.29. The summed E-state index contributed by atoms with van der Waals surface area (Å²) in [6.07, 6.45) is 0.0907. The molecule has 7 heteroatoms. The number of rotatable bonds is 3. The van der Waals surface area contributed by atoms with Crippen molar-refractivity contribution in [2.45, 2.75) is 11.3 Å². The highest BCUT2D eigenvalue weighted by molar-refractivity contribution is 7.90. The summed E-state index contributed by atoms with van der Waals surface area (Å²) in [5.41, 5.74) is 5.50. The Balaban J connectivity index is 2.32. The Labute approximate surface area is 98.6 Å². The molecule has 0 aliphatic carbocycles. The summed E-state index contributed by atoms with van der Waals surface area (Å²) in [7, 11) is -3.50. The van der Waals surface area contributed by atoms with Gasteiger partial charge in [-0.2, -0.15) is 0 Å². The van der Waals surface area contributed by atoms with Gasteiger partial charge in [0.25, 0.3) is 10.0 Å². The first kappa shape index (κ1) is 11.6. The molecule has 1 amide bonds. The maximum atomic E-state index is 11.7. The van der Waals surface area contributed by atoms with Crippen LogP contribution in [0.5, 0.6) is 0 Å². The van der Waals surface area contributed by atoms with Crippen LogP contribution in [0.1, 0.15) is 12.0 Å². The maximum absolute atomic E-state index is 11.7. The van der Waals surface area contributed by atoms with Crippen molar-refractivity contribution in [1.29, 1.82) is 0 Å². The highest BCUT2D eigenvalue weighted by Crippen LogP contribution is 2.21. The standard InChI is InChI=1S/C10H11N3O3S/c11-9(14)5-6-12-10-7-3-1-2-4-8(7)17(15,16)13-10/h1-4H,5-6H2,(H2,11,14)(H,12,13). The third kappa shape index (κ3) is 2.28. The second-order valence-electron chi connectivity index (χ2n) is 3.55. The molecular weight excluding hydrogens is 242 g/mol. The van der Waals surface area contributed by atoms with E-state index in [1.165, 1.54) is 6.07 Å². The minimum Gasteiger partial charge on any atom is -0.370 e. The first-order chi connectivity index (χ1) is 8.00. The van der Waals surface area contributed by atoms with Crippen LogP contribution in [-0.4, -0.2) is 26.7 Å². The molecule has 0 unspecified atom stereocenters. The Hall–Kier alpha value is -1.89. The molecule has 2 rings (SSSR count). The van der Waals surface area contributed by atoms with E-state index in [9.17, 15) is 13.2 Å². The van der Waals surface area contributed by atoms with Crippen molar-refractivity contribution >= 4 is 21.8 Å². The zero-order chi connectivity index (χ0) is 12.5. The second-order valence-corrected chi connectivity index (χ2v) is 5.20. The summed E-state index contributed by atoms with van der Waals surface area (Å²) >= 11 is 0. The van der Waals surface area contributed by atoms with Crippen molar-refractivity contribution in [3.8, 4) is 0 Å². The summed E-state index contributed by atoms with van der Waals surface area (Å²) in [4.78, 5) is 14.8. The Bertz CT molecular complexity index is 593. The molecule has 1 aliphatic heterocycles. The van der Waals surface area contributed by atoms with Gasteiger partial charge in [0.1, 0.15) is 5.84 Å². The fourth-order valence-electron chi connectivity index (χ4n) is 1.53. The zero-order valence-electron chi connectivity index (χ0n) is 8.88. The van der Waals surface area contributed by atoms with Gasteiger partial charge in [-0.1, -0.05) is 12.1 Å². The highest BCUT2D eigenvalue weighted by atomic mass is 32.2. The number of carbonyl (C=O) groups is 1. The van der Waals surface area contributed by atoms with E-state index in [2.05, 4.69) is 9.71 Å². The molecule has 3 N–H and O–H groups in total. The van der Waals surface area contributed by atoms with Gasteiger partial charge in [-0.15, -0.1) is 0 Å². The zero-order valence-corrected chi connectivity index (χ0v) is 9.70. The van der Waals surface area contributed by atoms with Gasteiger partial charge in [0.05, 0.1) is 11.4 Å². The molecule has 0 saturated heterocycles. The van der Waals surface area contributed by atoms with E-state index in [1.807, 2.05) is 0 Å². The lowest BCUT2D eigenvalue weighted by Crippen LogP contribution is -2.23. The van der Waals surface area contributed by atoms with Gasteiger partial charge in [-0.25, -0.2) is 8.42 Å². The molecule has 0 spiro atoms. The number of aliphatic imine (C=N–C) groups is 1. The average molecular weight is 253 g/mol. The fraction of sp³-hybridized carbons (Fsp3) is 0.200. The number of amides is 1. The van der Waals surface area contributed by atoms with Crippen molar-refractivity contribution in [2.75, 3.05) is 6.54 Å². The molecule has 0 radical (unpaired) electrons. The van der Waals surface area contributed by atoms with Crippen LogP contribution in [0, 0.1) is 0 Å². The maximum Gasteiger partial charge on any atom is 0.263 e. The van der Waals surface area contributed by atoms with Crippen molar-refractivity contribution in [1.82, 2.24) is 4.72 Å². The van der Waals surface area contributed by atoms with Crippen LogP contribution in [0.3, 0.4) is 0 Å². The fourth-order valence-corrected chi connectivity index (χ4v) is 2.78. The van der Waals surface area contributed by atoms with E-state index < -0.39 is 15.9 Å². The highest BCUT2D eigenvalue weighted by Gasteiger charge is 2.29. The number of nitrogens with zero attached hydrogens (tertiary/aromatic N) is 1. The lowest BCUT2D eigenvalue weighted by atomic mass is 10.2. The van der Waals surface area contributed by atoms with Crippen LogP contribution in [0.25, 0.3) is 0 Å². The van der Waals surface area contributed by atoms with Gasteiger partial charge in [-0.05, 0) is 12.1 Å². The van der Waals surface area contributed by atoms with Crippen LogP contribution in [0.4, 0.5) is 0 Å². The Morgan fingerprint density at radius 1 is 1.35 bits per heavy atom. The Kier molecular flexibility index (Phi) is 2.84. The lowest BCUT2D eigenvalue weighted by molar-refractivity contribution is -0.117. The third-order valence-corrected chi connectivity index (χ3v) is 3.69. The van der Waals surface area contributed by atoms with Crippen molar-refractivity contribution in [2.24, 2.45) is 10.7 Å². The van der Waals surface area contributed by atoms with Gasteiger partial charge >= 0.3 is 0 Å². The van der Waals surface area contributed by atoms with E-state index in [0.29, 0.717) is 5.56 Å². The molecule has 6 nitrogen and oxygen atoms in total. The topological polar surface area (TPSA) is 102 Å². The van der Waals surface area contributed by atoms with Gasteiger partial charge in [0.15, 0.2) is 0 Å². The molecule has 1 aliphatic rings. The molecular formula is C10H11N3O3S. The summed E-state index contributed by atoms with van der Waals surface area (Å²) in [5.74, 6) is -0.203. The van der Waals surface area contributed by atoms with Crippen molar-refractivity contribution < 1.29 is 13.2 Å². The first-order valence-corrected chi connectivity index (χ1v) is 6.44. The quantitative estimate of drug-likeness (QED) is 0.766. The SMILES string of the molecule is NC(=O)CCN=C1NS(=O)(=O)c2ccccc21. The summed E-state index contributed by atoms with van der Waals surface area (Å²) in [5, 5.41) is 0. The monoisotopic (exact) mass is 253 g/mol. The minimum atomic E-state index is -3.50. The van der Waals surface area contributed by atoms with E-state index in [4.69, 9.17) is 5.73 Å². The number of fused-ring (bicyclic) bond motifs is 1. The molecule has 0 bridgehead atoms. The van der Waals surface area contributed by atoms with Gasteiger partial charge in [0.2, 0.25) is 5.91 Å². The predicted octanol–water partition coefficient (Wildman–Crippen LogP) is -0.399. The number of amidine groups is 1. The van der Waals surface area contributed by atoms with E-state index >= 15 is 0 Å². The predicted molar refractivity (Wildman–Crippen MR) is 62.0 cm³/mol. The number of benzene rings is 1. The first-order valence-electron chi connectivity index (χ1n) is 4.96. The molecule has 1 heterocycles. The summed E-state index contributed by atoms with van der Waals surface area (Å²) in [6, 6.07) is 6.54. The molecule has 0 fully saturated rings. The van der Waals surface area contributed by atoms with Crippen molar-refractivity contribution in [3.63, 3.8) is 0 Å². The number of hydrogen-bond donors (Lipinski definition) is 2. The number of hydrogen-bond acceptors (Lipinski definition) is 4. The number of carbonyl (C=O) groups excluding carboxylic acids is 1. The van der Waals surface area contributed by atoms with E-state index in [1.54, 1.807) is 18.2 Å². The van der Waals surface area contributed by atoms with Crippen LogP contribution in [-0.2, 0) is 14.8 Å². The lowest BCUT2D eigenvalue weighted by Gasteiger charge is -1.97. The van der Waals surface area contributed by atoms with Gasteiger partial charge in [0, 0.05) is 12.0 Å². The van der Waals surface area contributed by atoms with Crippen LogP contribution in [0.15, 0.2) is 34.2 Å². The molecule has 1 aromatic rings. The van der Waals surface area contributed by atoms with Crippen LogP contribution >= 0.6 is 0 Å². The number of nitrogens with one attached hydrogen (secondary N) is 1. The van der Waals surface area contributed by atoms with Gasteiger partial charge < -0.3 is 5.73 Å². The van der Waals surface area contributed by atoms with E-state index in [-0.39, 0.29) is 23.7 Å². The largest absolute Gasteiger partial charge is 0.370 e. The van der Waals surface area contributed by atoms with Crippen LogP contribution in [0.2, 0.25) is 0 Å². The number of nitrogens with two attached hydrogens (primary N) is 1. The van der Waals surface area contributed by atoms with Gasteiger partial charge in [-0.3, -0.25) is 14.5 Å². The molecule has 17 heavy (non-hydrogen) atoms. The Morgan fingerprint density at radius 3 is 2.76 bits per heavy atom. The Morgan fingerprint density at radius 2 is 2.06 bits per heavy atom. The molecule has 90 valence electrons. The molecule has 0 atom stereocenters. The second kappa shape index (κ2) is 4.17. The molecule has 0 saturated carbocycles. The normalized spacial score (nSPS) is 18.7. The minimum absolute atomic E-state index is 0.0907. The van der Waals surface area contributed by atoms with Crippen LogP contribution < -0.4 is 10.5 Å². The summed E-state index contributed by atoms with van der Waals surface area (Å²) < 4.78 is 25.7. The number of primary amides is 1. The average Bonchev–Trinajstić information content (AvgIpc) is 2.51. The van der Waals surface area contributed by atoms with Crippen molar-refractivity contribution in [3.05, 3.63) is 29.8 Å². The molecule has 1 aromatic carbocycles. The molecule has 0 aromatic heterocycles. The smallest absolute Gasteiger partial charge is 0.263 e. The number of sulfonamides is 1.